The van der Waals surface area contributed by atoms with E-state index in [-0.39, 0.29) is 12.1 Å². The molecule has 1 aromatic heterocycles. The molecular weight excluding hydrogens is 450 g/mol. The first-order valence-electron chi connectivity index (χ1n) is 11.9. The summed E-state index contributed by atoms with van der Waals surface area (Å²) in [6.07, 6.45) is -0.343. The van der Waals surface area contributed by atoms with E-state index in [0.29, 0.717) is 18.7 Å². The number of carbonyl (C=O) groups is 1. The molecule has 1 amide bonds. The summed E-state index contributed by atoms with van der Waals surface area (Å²) >= 11 is 0. The number of anilines is 1. The second-order valence-corrected chi connectivity index (χ2v) is 8.82. The molecule has 1 N–H and O–H groups in total. The van der Waals surface area contributed by atoms with Gasteiger partial charge in [0.2, 0.25) is 0 Å². The van der Waals surface area contributed by atoms with Gasteiger partial charge in [0.15, 0.2) is 0 Å². The van der Waals surface area contributed by atoms with Crippen LogP contribution in [0.1, 0.15) is 33.2 Å². The zero-order chi connectivity index (χ0) is 24.5. The first-order chi connectivity index (χ1) is 17.7. The Labute approximate surface area is 208 Å². The van der Waals surface area contributed by atoms with Crippen LogP contribution in [-0.2, 0) is 13.1 Å². The first-order valence-corrected chi connectivity index (χ1v) is 11.9. The third kappa shape index (κ3) is 3.94. The van der Waals surface area contributed by atoms with Gasteiger partial charge in [0.05, 0.1) is 24.7 Å². The molecule has 1 atom stereocenters. The summed E-state index contributed by atoms with van der Waals surface area (Å²) in [5, 5.41) is 12.2. The quantitative estimate of drug-likeness (QED) is 0.363. The number of aromatic nitrogens is 3. The van der Waals surface area contributed by atoms with Gasteiger partial charge in [0.1, 0.15) is 17.4 Å². The maximum Gasteiger partial charge on any atom is 0.258 e. The summed E-state index contributed by atoms with van der Waals surface area (Å²) in [6.45, 7) is 0.980. The second kappa shape index (κ2) is 9.19. The van der Waals surface area contributed by atoms with Crippen molar-refractivity contribution in [2.75, 3.05) is 12.4 Å². The number of hydrogen-bond donors (Lipinski definition) is 1. The number of ether oxygens (including phenoxy) is 1. The fourth-order valence-corrected chi connectivity index (χ4v) is 4.79. The van der Waals surface area contributed by atoms with Crippen LogP contribution >= 0.6 is 0 Å². The molecule has 178 valence electrons. The Morgan fingerprint density at radius 1 is 0.889 bits per heavy atom. The molecule has 0 spiro atoms. The van der Waals surface area contributed by atoms with Crippen LogP contribution in [0.5, 0.6) is 5.75 Å². The highest BCUT2D eigenvalue weighted by atomic mass is 16.5. The van der Waals surface area contributed by atoms with E-state index in [1.807, 2.05) is 101 Å². The molecular formula is C29H25N5O2. The molecule has 0 unspecified atom stereocenters. The van der Waals surface area contributed by atoms with E-state index in [4.69, 9.17) is 4.74 Å². The molecule has 36 heavy (non-hydrogen) atoms. The van der Waals surface area contributed by atoms with Crippen molar-refractivity contribution in [3.63, 3.8) is 0 Å². The number of hydrogen-bond acceptors (Lipinski definition) is 5. The third-order valence-electron chi connectivity index (χ3n) is 6.58. The molecule has 0 aliphatic carbocycles. The van der Waals surface area contributed by atoms with Crippen LogP contribution < -0.4 is 10.1 Å². The van der Waals surface area contributed by atoms with Crippen molar-refractivity contribution in [2.45, 2.75) is 19.3 Å². The van der Waals surface area contributed by atoms with Gasteiger partial charge in [-0.2, -0.15) is 0 Å². The van der Waals surface area contributed by atoms with Crippen molar-refractivity contribution in [1.29, 1.82) is 0 Å². The number of benzene rings is 4. The number of methoxy groups -OCH3 is 1. The molecule has 7 heteroatoms. The van der Waals surface area contributed by atoms with Gasteiger partial charge in [-0.3, -0.25) is 4.79 Å². The predicted molar refractivity (Wildman–Crippen MR) is 139 cm³/mol. The molecule has 0 bridgehead atoms. The van der Waals surface area contributed by atoms with Gasteiger partial charge in [-0.25, -0.2) is 4.68 Å². The predicted octanol–water partition coefficient (Wildman–Crippen LogP) is 5.25. The van der Waals surface area contributed by atoms with Crippen LogP contribution in [0.4, 0.5) is 5.69 Å². The van der Waals surface area contributed by atoms with Crippen LogP contribution in [0.3, 0.4) is 0 Å². The minimum Gasteiger partial charge on any atom is -0.496 e. The average molecular weight is 476 g/mol. The number of nitrogens with zero attached hydrogens (tertiary/aromatic N) is 4. The lowest BCUT2D eigenvalue weighted by Crippen LogP contribution is -2.42. The molecule has 0 fully saturated rings. The fourth-order valence-electron chi connectivity index (χ4n) is 4.79. The molecule has 7 nitrogen and oxygen atoms in total. The van der Waals surface area contributed by atoms with E-state index in [0.717, 1.165) is 39.2 Å². The Morgan fingerprint density at radius 2 is 1.67 bits per heavy atom. The van der Waals surface area contributed by atoms with Gasteiger partial charge in [-0.05, 0) is 47.5 Å². The van der Waals surface area contributed by atoms with E-state index in [1.54, 1.807) is 7.11 Å². The van der Waals surface area contributed by atoms with Crippen molar-refractivity contribution < 1.29 is 9.53 Å². The SMILES string of the molecule is COc1ccc([C@H]2Nc3ccccc3C(=O)N2Cc2ccccc2)cc1Cn1nnc2ccccc21. The van der Waals surface area contributed by atoms with Crippen LogP contribution in [0.25, 0.3) is 11.0 Å². The highest BCUT2D eigenvalue weighted by molar-refractivity contribution is 6.01. The summed E-state index contributed by atoms with van der Waals surface area (Å²) in [5.74, 6) is 0.758. The molecule has 0 radical (unpaired) electrons. The normalized spacial score (nSPS) is 15.0. The molecule has 0 saturated heterocycles. The lowest BCUT2D eigenvalue weighted by Gasteiger charge is -2.38. The fraction of sp³-hybridized carbons (Fsp3) is 0.138. The van der Waals surface area contributed by atoms with E-state index in [1.165, 1.54) is 0 Å². The lowest BCUT2D eigenvalue weighted by atomic mass is 10.0. The van der Waals surface area contributed by atoms with Gasteiger partial charge in [-0.15, -0.1) is 5.10 Å². The summed E-state index contributed by atoms with van der Waals surface area (Å²) in [5.41, 5.74) is 6.30. The summed E-state index contributed by atoms with van der Waals surface area (Å²) in [7, 11) is 1.66. The third-order valence-corrected chi connectivity index (χ3v) is 6.58. The lowest BCUT2D eigenvalue weighted by molar-refractivity contribution is 0.0666. The molecule has 2 heterocycles. The summed E-state index contributed by atoms with van der Waals surface area (Å²) < 4.78 is 7.55. The van der Waals surface area contributed by atoms with E-state index in [2.05, 4.69) is 21.7 Å². The smallest absolute Gasteiger partial charge is 0.258 e. The topological polar surface area (TPSA) is 72.3 Å². The van der Waals surface area contributed by atoms with Crippen LogP contribution in [-0.4, -0.2) is 32.9 Å². The van der Waals surface area contributed by atoms with Crippen LogP contribution in [0.15, 0.2) is 97.1 Å². The first kappa shape index (κ1) is 21.9. The van der Waals surface area contributed by atoms with Crippen molar-refractivity contribution in [2.24, 2.45) is 0 Å². The number of fused-ring (bicyclic) bond motifs is 2. The number of amides is 1. The molecule has 1 aliphatic heterocycles. The molecule has 0 saturated carbocycles. The van der Waals surface area contributed by atoms with Crippen molar-refractivity contribution in [1.82, 2.24) is 19.9 Å². The second-order valence-electron chi connectivity index (χ2n) is 8.82. The van der Waals surface area contributed by atoms with Gasteiger partial charge >= 0.3 is 0 Å². The molecule has 1 aliphatic rings. The highest BCUT2D eigenvalue weighted by Crippen LogP contribution is 2.36. The standard InChI is InChI=1S/C29H25N5O2/c1-36-27-16-15-21(17-22(27)19-34-26-14-8-7-13-25(26)31-32-34)28-30-24-12-6-5-11-23(24)29(35)33(28)18-20-9-3-2-4-10-20/h2-17,28,30H,18-19H2,1H3/t28-/m0/s1. The largest absolute Gasteiger partial charge is 0.496 e. The average Bonchev–Trinajstić information content (AvgIpc) is 3.33. The number of carbonyl (C=O) groups excluding carboxylic acids is 1. The van der Waals surface area contributed by atoms with E-state index < -0.39 is 0 Å². The van der Waals surface area contributed by atoms with Crippen molar-refractivity contribution in [3.8, 4) is 5.75 Å². The van der Waals surface area contributed by atoms with Crippen molar-refractivity contribution in [3.05, 3.63) is 119 Å². The summed E-state index contributed by atoms with van der Waals surface area (Å²) in [4.78, 5) is 15.5. The van der Waals surface area contributed by atoms with Gasteiger partial charge in [0, 0.05) is 17.8 Å². The van der Waals surface area contributed by atoms with E-state index >= 15 is 0 Å². The van der Waals surface area contributed by atoms with Crippen molar-refractivity contribution >= 4 is 22.6 Å². The monoisotopic (exact) mass is 475 g/mol. The maximum atomic E-state index is 13.7. The Kier molecular flexibility index (Phi) is 5.58. The zero-order valence-electron chi connectivity index (χ0n) is 19.8. The number of para-hydroxylation sites is 2. The Hall–Kier alpha value is -4.65. The Bertz CT molecular complexity index is 1550. The zero-order valence-corrected chi connectivity index (χ0v) is 19.8. The number of nitrogens with one attached hydrogen (secondary N) is 1. The molecule has 6 rings (SSSR count). The Morgan fingerprint density at radius 3 is 2.53 bits per heavy atom. The Balaban J connectivity index is 1.40. The minimum absolute atomic E-state index is 0.00200. The number of rotatable bonds is 6. The van der Waals surface area contributed by atoms with E-state index in [9.17, 15) is 4.79 Å². The van der Waals surface area contributed by atoms with Gasteiger partial charge < -0.3 is 15.0 Å². The van der Waals surface area contributed by atoms with Crippen LogP contribution in [0, 0.1) is 0 Å². The highest BCUT2D eigenvalue weighted by Gasteiger charge is 2.33. The molecule has 4 aromatic carbocycles. The molecule has 5 aromatic rings. The van der Waals surface area contributed by atoms with Crippen LogP contribution in [0.2, 0.25) is 0 Å². The minimum atomic E-state index is -0.343. The maximum absolute atomic E-state index is 13.7. The van der Waals surface area contributed by atoms with Gasteiger partial charge in [-0.1, -0.05) is 65.9 Å². The van der Waals surface area contributed by atoms with Gasteiger partial charge in [0.25, 0.3) is 5.91 Å². The summed E-state index contributed by atoms with van der Waals surface area (Å²) in [6, 6.07) is 31.7.